The Morgan fingerprint density at radius 2 is 2.14 bits per heavy atom. The van der Waals surface area contributed by atoms with Crippen LogP contribution in [0.2, 0.25) is 0 Å². The molecule has 0 aliphatic carbocycles. The molecule has 0 radical (unpaired) electrons. The lowest BCUT2D eigenvalue weighted by Crippen LogP contribution is -2.43. The van der Waals surface area contributed by atoms with Crippen LogP contribution in [0.4, 0.5) is 0 Å². The van der Waals surface area contributed by atoms with Crippen LogP contribution in [0.1, 0.15) is 47.3 Å². The molecule has 6 heteroatoms. The van der Waals surface area contributed by atoms with Gasteiger partial charge in [0.25, 0.3) is 0 Å². The van der Waals surface area contributed by atoms with Gasteiger partial charge in [0, 0.05) is 9.75 Å². The highest BCUT2D eigenvalue weighted by molar-refractivity contribution is 7.11. The number of amides is 1. The summed E-state index contributed by atoms with van der Waals surface area (Å²) in [6, 6.07) is 4.08. The van der Waals surface area contributed by atoms with Crippen LogP contribution in [0.5, 0.6) is 0 Å². The van der Waals surface area contributed by atoms with Crippen LogP contribution in [-0.2, 0) is 10.3 Å². The van der Waals surface area contributed by atoms with Gasteiger partial charge in [-0.05, 0) is 46.1 Å². The molecule has 0 saturated heterocycles. The van der Waals surface area contributed by atoms with Crippen LogP contribution in [0.15, 0.2) is 17.5 Å². The first-order chi connectivity index (χ1) is 10.3. The van der Waals surface area contributed by atoms with E-state index in [9.17, 15) is 4.79 Å². The number of nitrogens with one attached hydrogen (secondary N) is 2. The van der Waals surface area contributed by atoms with Gasteiger partial charge in [0.1, 0.15) is 5.01 Å². The van der Waals surface area contributed by atoms with Gasteiger partial charge in [0.05, 0.1) is 23.8 Å². The quantitative estimate of drug-likeness (QED) is 0.848. The van der Waals surface area contributed by atoms with Crippen molar-refractivity contribution in [2.45, 2.75) is 46.2 Å². The summed E-state index contributed by atoms with van der Waals surface area (Å²) in [4.78, 5) is 19.1. The van der Waals surface area contributed by atoms with Crippen LogP contribution in [0.3, 0.4) is 0 Å². The fourth-order valence-corrected chi connectivity index (χ4v) is 3.75. The molecular weight excluding hydrogens is 314 g/mol. The van der Waals surface area contributed by atoms with Gasteiger partial charge in [0.2, 0.25) is 5.91 Å². The minimum absolute atomic E-state index is 0.000949. The average molecular weight is 338 g/mol. The first-order valence-corrected chi connectivity index (χ1v) is 9.01. The lowest BCUT2D eigenvalue weighted by molar-refractivity contribution is -0.121. The van der Waals surface area contributed by atoms with Crippen molar-refractivity contribution in [3.8, 4) is 0 Å². The molecule has 0 bridgehead atoms. The number of carbonyl (C=O) groups is 1. The van der Waals surface area contributed by atoms with E-state index in [0.29, 0.717) is 0 Å². The van der Waals surface area contributed by atoms with E-state index < -0.39 is 0 Å². The van der Waals surface area contributed by atoms with E-state index in [1.807, 2.05) is 31.4 Å². The summed E-state index contributed by atoms with van der Waals surface area (Å²) in [6.07, 6.45) is 0. The number of hydrogen-bond donors (Lipinski definition) is 2. The van der Waals surface area contributed by atoms with Gasteiger partial charge >= 0.3 is 0 Å². The van der Waals surface area contributed by atoms with E-state index >= 15 is 0 Å². The number of rotatable bonds is 6. The second kappa shape index (κ2) is 6.89. The molecule has 2 N–H and O–H groups in total. The van der Waals surface area contributed by atoms with Gasteiger partial charge in [-0.25, -0.2) is 4.98 Å². The molecule has 2 aromatic heterocycles. The minimum Gasteiger partial charge on any atom is -0.348 e. The van der Waals surface area contributed by atoms with E-state index in [2.05, 4.69) is 36.4 Å². The Balaban J connectivity index is 1.89. The van der Waals surface area contributed by atoms with E-state index in [1.165, 1.54) is 9.75 Å². The van der Waals surface area contributed by atoms with E-state index in [-0.39, 0.29) is 24.0 Å². The van der Waals surface area contributed by atoms with Crippen molar-refractivity contribution in [1.82, 2.24) is 15.6 Å². The van der Waals surface area contributed by atoms with E-state index in [1.54, 1.807) is 22.7 Å². The number of hydrogen-bond acceptors (Lipinski definition) is 5. The fraction of sp³-hybridized carbons (Fsp3) is 0.500. The summed E-state index contributed by atoms with van der Waals surface area (Å²) >= 11 is 3.34. The number of thiophene rings is 1. The summed E-state index contributed by atoms with van der Waals surface area (Å²) in [5.74, 6) is -0.000949. The SMILES string of the molecule is Cc1nc(C(C)(C)NCC(=O)NC(C)c2cccs2)sc1C. The zero-order chi connectivity index (χ0) is 16.3. The van der Waals surface area contributed by atoms with Gasteiger partial charge < -0.3 is 5.32 Å². The van der Waals surface area contributed by atoms with Crippen molar-refractivity contribution in [2.24, 2.45) is 0 Å². The molecule has 22 heavy (non-hydrogen) atoms. The fourth-order valence-electron chi connectivity index (χ4n) is 2.02. The van der Waals surface area contributed by atoms with Gasteiger partial charge in [-0.3, -0.25) is 10.1 Å². The smallest absolute Gasteiger partial charge is 0.234 e. The number of thiazole rings is 1. The first kappa shape index (κ1) is 17.1. The maximum absolute atomic E-state index is 12.1. The van der Waals surface area contributed by atoms with Crippen LogP contribution in [0, 0.1) is 13.8 Å². The molecule has 0 aromatic carbocycles. The highest BCUT2D eigenvalue weighted by Crippen LogP contribution is 2.27. The molecule has 0 spiro atoms. The average Bonchev–Trinajstić information content (AvgIpc) is 3.08. The topological polar surface area (TPSA) is 54.0 Å². The Kier molecular flexibility index (Phi) is 5.36. The van der Waals surface area contributed by atoms with Crippen LogP contribution >= 0.6 is 22.7 Å². The summed E-state index contributed by atoms with van der Waals surface area (Å²) in [6.45, 7) is 10.5. The molecule has 0 aliphatic heterocycles. The van der Waals surface area contributed by atoms with Crippen molar-refractivity contribution in [2.75, 3.05) is 6.54 Å². The van der Waals surface area contributed by atoms with Crippen molar-refractivity contribution in [3.63, 3.8) is 0 Å². The number of nitrogens with zero attached hydrogens (tertiary/aromatic N) is 1. The van der Waals surface area contributed by atoms with Crippen molar-refractivity contribution < 1.29 is 4.79 Å². The van der Waals surface area contributed by atoms with Crippen LogP contribution in [0.25, 0.3) is 0 Å². The van der Waals surface area contributed by atoms with Crippen LogP contribution in [-0.4, -0.2) is 17.4 Å². The second-order valence-corrected chi connectivity index (χ2v) is 8.13. The summed E-state index contributed by atoms with van der Waals surface area (Å²) in [7, 11) is 0. The van der Waals surface area contributed by atoms with Gasteiger partial charge in [-0.15, -0.1) is 22.7 Å². The number of aryl methyl sites for hydroxylation is 2. The minimum atomic E-state index is -0.312. The Labute approximate surface area is 140 Å². The molecule has 1 atom stereocenters. The predicted molar refractivity (Wildman–Crippen MR) is 93.5 cm³/mol. The van der Waals surface area contributed by atoms with Crippen molar-refractivity contribution in [3.05, 3.63) is 38.0 Å². The third kappa shape index (κ3) is 4.15. The molecule has 0 fully saturated rings. The Morgan fingerprint density at radius 3 is 2.68 bits per heavy atom. The highest BCUT2D eigenvalue weighted by Gasteiger charge is 2.25. The van der Waals surface area contributed by atoms with Crippen molar-refractivity contribution >= 4 is 28.6 Å². The van der Waals surface area contributed by atoms with Gasteiger partial charge in [0.15, 0.2) is 0 Å². The lowest BCUT2D eigenvalue weighted by atomic mass is 10.1. The maximum Gasteiger partial charge on any atom is 0.234 e. The summed E-state index contributed by atoms with van der Waals surface area (Å²) in [5, 5.41) is 9.36. The Bertz CT molecular complexity index is 612. The zero-order valence-corrected chi connectivity index (χ0v) is 15.3. The number of carbonyl (C=O) groups excluding carboxylic acids is 1. The molecule has 0 aliphatic rings. The highest BCUT2D eigenvalue weighted by atomic mass is 32.1. The molecule has 1 unspecified atom stereocenters. The monoisotopic (exact) mass is 337 g/mol. The van der Waals surface area contributed by atoms with Crippen LogP contribution < -0.4 is 10.6 Å². The zero-order valence-electron chi connectivity index (χ0n) is 13.7. The molecule has 4 nitrogen and oxygen atoms in total. The Hall–Kier alpha value is -1.24. The molecule has 120 valence electrons. The molecule has 2 heterocycles. The predicted octanol–water partition coefficient (Wildman–Crippen LogP) is 3.52. The third-order valence-corrected chi connectivity index (χ3v) is 6.05. The molecular formula is C16H23N3OS2. The summed E-state index contributed by atoms with van der Waals surface area (Å²) < 4.78 is 0. The third-order valence-electron chi connectivity index (χ3n) is 3.60. The Morgan fingerprint density at radius 1 is 1.41 bits per heavy atom. The van der Waals surface area contributed by atoms with E-state index in [0.717, 1.165) is 10.7 Å². The van der Waals surface area contributed by atoms with Crippen molar-refractivity contribution in [1.29, 1.82) is 0 Å². The van der Waals surface area contributed by atoms with E-state index in [4.69, 9.17) is 0 Å². The first-order valence-electron chi connectivity index (χ1n) is 7.32. The molecule has 2 rings (SSSR count). The van der Waals surface area contributed by atoms with Gasteiger partial charge in [-0.1, -0.05) is 6.07 Å². The van der Waals surface area contributed by atoms with Gasteiger partial charge in [-0.2, -0.15) is 0 Å². The summed E-state index contributed by atoms with van der Waals surface area (Å²) in [5.41, 5.74) is 0.748. The largest absolute Gasteiger partial charge is 0.348 e. The standard InChI is InChI=1S/C16H23N3OS2/c1-10-12(3)22-15(19-10)16(4,5)17-9-14(20)18-11(2)13-7-6-8-21-13/h6-8,11,17H,9H2,1-5H3,(H,18,20). The molecule has 1 amide bonds. The second-order valence-electron chi connectivity index (χ2n) is 5.94. The molecule has 2 aromatic rings. The normalized spacial score (nSPS) is 13.1. The number of aromatic nitrogens is 1. The molecule has 0 saturated carbocycles. The maximum atomic E-state index is 12.1. The lowest BCUT2D eigenvalue weighted by Gasteiger charge is -2.24.